The molecule has 1 aliphatic carbocycles. The van der Waals surface area contributed by atoms with Crippen LogP contribution < -0.4 is 10.6 Å². The van der Waals surface area contributed by atoms with Crippen molar-refractivity contribution in [2.45, 2.75) is 71.4 Å². The Balaban J connectivity index is 1.83. The minimum atomic E-state index is 0.0948. The van der Waals surface area contributed by atoms with Crippen molar-refractivity contribution in [1.29, 1.82) is 0 Å². The van der Waals surface area contributed by atoms with E-state index < -0.39 is 0 Å². The third-order valence-corrected chi connectivity index (χ3v) is 5.38. The number of aryl methyl sites for hydroxylation is 1. The Morgan fingerprint density at radius 1 is 1.43 bits per heavy atom. The second-order valence-corrected chi connectivity index (χ2v) is 8.02. The summed E-state index contributed by atoms with van der Waals surface area (Å²) in [6.07, 6.45) is 2.83. The predicted octanol–water partition coefficient (Wildman–Crippen LogP) is 3.07. The van der Waals surface area contributed by atoms with Gasteiger partial charge in [-0.05, 0) is 26.7 Å². The molecule has 1 aromatic heterocycles. The number of hydrogen-bond donors (Lipinski definition) is 2. The van der Waals surface area contributed by atoms with Gasteiger partial charge < -0.3 is 10.6 Å². The lowest BCUT2D eigenvalue weighted by Gasteiger charge is -2.14. The van der Waals surface area contributed by atoms with Gasteiger partial charge in [0.05, 0.1) is 10.7 Å². The highest BCUT2D eigenvalue weighted by Gasteiger charge is 2.24. The highest BCUT2D eigenvalue weighted by Crippen LogP contribution is 2.32. The molecule has 2 rings (SSSR count). The third kappa shape index (κ3) is 4.78. The average molecular weight is 309 g/mol. The van der Waals surface area contributed by atoms with Crippen molar-refractivity contribution >= 4 is 17.2 Å². The van der Waals surface area contributed by atoms with Gasteiger partial charge in [0.25, 0.3) is 0 Å². The van der Waals surface area contributed by atoms with E-state index in [0.29, 0.717) is 19.0 Å². The molecule has 0 saturated heterocycles. The number of nitrogens with zero attached hydrogens (tertiary/aromatic N) is 1. The van der Waals surface area contributed by atoms with Gasteiger partial charge in [-0.15, -0.1) is 11.3 Å². The molecule has 0 radical (unpaired) electrons. The fourth-order valence-corrected chi connectivity index (χ4v) is 3.30. The molecule has 4 nitrogen and oxygen atoms in total. The minimum absolute atomic E-state index is 0.0948. The zero-order valence-electron chi connectivity index (χ0n) is 13.7. The maximum absolute atomic E-state index is 11.7. The summed E-state index contributed by atoms with van der Waals surface area (Å²) in [6, 6.07) is 0.695. The van der Waals surface area contributed by atoms with Gasteiger partial charge in [0.2, 0.25) is 5.91 Å². The monoisotopic (exact) mass is 309 g/mol. The van der Waals surface area contributed by atoms with Crippen LogP contribution >= 0.6 is 11.3 Å². The zero-order chi connectivity index (χ0) is 15.6. The van der Waals surface area contributed by atoms with Gasteiger partial charge in [0.1, 0.15) is 0 Å². The van der Waals surface area contributed by atoms with Crippen molar-refractivity contribution in [1.82, 2.24) is 15.6 Å². The van der Waals surface area contributed by atoms with Crippen LogP contribution in [-0.4, -0.2) is 23.5 Å². The second kappa shape index (κ2) is 6.44. The molecule has 1 amide bonds. The first-order valence-corrected chi connectivity index (χ1v) is 8.59. The van der Waals surface area contributed by atoms with Crippen molar-refractivity contribution in [2.24, 2.45) is 0 Å². The zero-order valence-corrected chi connectivity index (χ0v) is 14.6. The summed E-state index contributed by atoms with van der Waals surface area (Å²) in [5.74, 6) is 0.161. The third-order valence-electron chi connectivity index (χ3n) is 3.61. The van der Waals surface area contributed by atoms with Crippen LogP contribution in [0.5, 0.6) is 0 Å². The van der Waals surface area contributed by atoms with Crippen molar-refractivity contribution in [3.63, 3.8) is 0 Å². The summed E-state index contributed by atoms with van der Waals surface area (Å²) in [4.78, 5) is 17.6. The van der Waals surface area contributed by atoms with Crippen LogP contribution in [0.1, 0.15) is 68.6 Å². The van der Waals surface area contributed by atoms with Gasteiger partial charge >= 0.3 is 0 Å². The normalized spacial score (nSPS) is 16.8. The van der Waals surface area contributed by atoms with Gasteiger partial charge in [0, 0.05) is 35.3 Å². The number of carbonyl (C=O) groups excluding carboxylic acids is 1. The maximum atomic E-state index is 11.7. The van der Waals surface area contributed by atoms with Crippen molar-refractivity contribution in [3.05, 3.63) is 15.6 Å². The molecule has 1 fully saturated rings. The number of carbonyl (C=O) groups is 1. The fourth-order valence-electron chi connectivity index (χ4n) is 2.15. The first kappa shape index (κ1) is 16.4. The Labute approximate surface area is 131 Å². The molecular weight excluding hydrogens is 282 g/mol. The molecular formula is C16H27N3OS. The summed E-state index contributed by atoms with van der Waals surface area (Å²) < 4.78 is 0. The largest absolute Gasteiger partial charge is 0.353 e. The molecule has 1 aliphatic rings. The van der Waals surface area contributed by atoms with E-state index in [2.05, 4.69) is 45.3 Å². The predicted molar refractivity (Wildman–Crippen MR) is 87.8 cm³/mol. The van der Waals surface area contributed by atoms with E-state index in [9.17, 15) is 4.79 Å². The molecule has 1 atom stereocenters. The number of amides is 1. The second-order valence-electron chi connectivity index (χ2n) is 6.99. The van der Waals surface area contributed by atoms with E-state index in [1.165, 1.54) is 9.88 Å². The molecule has 1 heterocycles. The van der Waals surface area contributed by atoms with E-state index in [1.54, 1.807) is 11.3 Å². The van der Waals surface area contributed by atoms with Crippen LogP contribution in [0.15, 0.2) is 0 Å². The molecule has 1 aromatic rings. The van der Waals surface area contributed by atoms with E-state index >= 15 is 0 Å². The first-order valence-electron chi connectivity index (χ1n) is 7.78. The van der Waals surface area contributed by atoms with Gasteiger partial charge in [-0.1, -0.05) is 20.8 Å². The van der Waals surface area contributed by atoms with Crippen LogP contribution in [0.4, 0.5) is 0 Å². The Hall–Kier alpha value is -0.940. The summed E-state index contributed by atoms with van der Waals surface area (Å²) in [5, 5.41) is 7.63. The maximum Gasteiger partial charge on any atom is 0.221 e. The summed E-state index contributed by atoms with van der Waals surface area (Å²) in [5.41, 5.74) is 1.20. The number of hydrogen-bond acceptors (Lipinski definition) is 4. The minimum Gasteiger partial charge on any atom is -0.353 e. The lowest BCUT2D eigenvalue weighted by Crippen LogP contribution is -2.30. The van der Waals surface area contributed by atoms with E-state index in [4.69, 9.17) is 4.98 Å². The Kier molecular flexibility index (Phi) is 5.04. The van der Waals surface area contributed by atoms with E-state index in [1.807, 2.05) is 0 Å². The van der Waals surface area contributed by atoms with Crippen molar-refractivity contribution in [3.8, 4) is 0 Å². The Morgan fingerprint density at radius 3 is 2.62 bits per heavy atom. The van der Waals surface area contributed by atoms with Crippen molar-refractivity contribution in [2.75, 3.05) is 6.54 Å². The molecule has 2 N–H and O–H groups in total. The Bertz CT molecular complexity index is 500. The number of thiazole rings is 1. The number of aromatic nitrogens is 1. The molecule has 21 heavy (non-hydrogen) atoms. The number of nitrogens with one attached hydrogen (secondary N) is 2. The molecule has 1 unspecified atom stereocenters. The highest BCUT2D eigenvalue weighted by molar-refractivity contribution is 7.12. The van der Waals surface area contributed by atoms with Crippen LogP contribution in [0.3, 0.4) is 0 Å². The topological polar surface area (TPSA) is 54.0 Å². The smallest absolute Gasteiger partial charge is 0.221 e. The van der Waals surface area contributed by atoms with Gasteiger partial charge in [0.15, 0.2) is 0 Å². The SMILES string of the molecule is Cc1nc(C(C)(C)C)sc1C(C)NCCC(=O)NC1CC1. The molecule has 0 aliphatic heterocycles. The highest BCUT2D eigenvalue weighted by atomic mass is 32.1. The first-order chi connectivity index (χ1) is 9.77. The molecule has 118 valence electrons. The van der Waals surface area contributed by atoms with E-state index in [-0.39, 0.29) is 17.4 Å². The van der Waals surface area contributed by atoms with Crippen molar-refractivity contribution < 1.29 is 4.79 Å². The van der Waals surface area contributed by atoms with E-state index in [0.717, 1.165) is 18.5 Å². The van der Waals surface area contributed by atoms with Gasteiger partial charge in [-0.25, -0.2) is 4.98 Å². The fraction of sp³-hybridized carbons (Fsp3) is 0.750. The molecule has 0 bridgehead atoms. The van der Waals surface area contributed by atoms with Crippen LogP contribution in [0.25, 0.3) is 0 Å². The lowest BCUT2D eigenvalue weighted by atomic mass is 9.98. The quantitative estimate of drug-likeness (QED) is 0.849. The van der Waals surface area contributed by atoms with Crippen LogP contribution in [0.2, 0.25) is 0 Å². The number of rotatable bonds is 6. The lowest BCUT2D eigenvalue weighted by molar-refractivity contribution is -0.121. The Morgan fingerprint density at radius 2 is 2.10 bits per heavy atom. The molecule has 1 saturated carbocycles. The van der Waals surface area contributed by atoms with Gasteiger partial charge in [-0.2, -0.15) is 0 Å². The molecule has 0 spiro atoms. The summed E-state index contributed by atoms with van der Waals surface area (Å²) in [7, 11) is 0. The summed E-state index contributed by atoms with van der Waals surface area (Å²) >= 11 is 1.78. The van der Waals surface area contributed by atoms with Crippen LogP contribution in [-0.2, 0) is 10.2 Å². The molecule has 0 aromatic carbocycles. The molecule has 5 heteroatoms. The van der Waals surface area contributed by atoms with Crippen LogP contribution in [0, 0.1) is 6.92 Å². The summed E-state index contributed by atoms with van der Waals surface area (Å²) in [6.45, 7) is 11.5. The average Bonchev–Trinajstić information content (AvgIpc) is 3.07. The van der Waals surface area contributed by atoms with Gasteiger partial charge in [-0.3, -0.25) is 4.79 Å². The standard InChI is InChI=1S/C16H27N3OS/c1-10(17-9-8-13(20)19-12-6-7-12)14-11(2)18-15(21-14)16(3,4)5/h10,12,17H,6-9H2,1-5H3,(H,19,20).